The van der Waals surface area contributed by atoms with Crippen molar-refractivity contribution in [3.05, 3.63) is 108 Å². The molecule has 0 fully saturated rings. The molecule has 4 aromatic rings. The molecular formula is C24H19ClF3N3O4S. The van der Waals surface area contributed by atoms with Gasteiger partial charge in [-0.15, -0.1) is 11.8 Å². The Morgan fingerprint density at radius 2 is 1.75 bits per heavy atom. The number of halogens is 4. The van der Waals surface area contributed by atoms with Crippen LogP contribution in [0, 0.1) is 0 Å². The number of benzene rings is 2. The van der Waals surface area contributed by atoms with Crippen LogP contribution < -0.4 is 16.8 Å². The number of rotatable bonds is 8. The molecular weight excluding hydrogens is 519 g/mol. The molecule has 0 spiro atoms. The molecule has 0 saturated heterocycles. The maximum Gasteiger partial charge on any atom is 0.417 e. The molecule has 7 nitrogen and oxygen atoms in total. The third-order valence-corrected chi connectivity index (χ3v) is 7.08. The minimum Gasteiger partial charge on any atom is -0.375 e. The molecule has 1 unspecified atom stereocenters. The van der Waals surface area contributed by atoms with Gasteiger partial charge in [0.1, 0.15) is 0 Å². The largest absolute Gasteiger partial charge is 0.417 e. The monoisotopic (exact) mass is 537 g/mol. The first-order chi connectivity index (χ1) is 17.1. The van der Waals surface area contributed by atoms with Gasteiger partial charge in [-0.1, -0.05) is 48.0 Å². The van der Waals surface area contributed by atoms with E-state index in [4.69, 9.17) is 16.3 Å². The lowest BCUT2D eigenvalue weighted by atomic mass is 10.1. The number of fused-ring (bicyclic) bond motifs is 1. The fraction of sp³-hybridized carbons (Fsp3) is 0.208. The molecule has 12 heteroatoms. The van der Waals surface area contributed by atoms with Gasteiger partial charge in [-0.05, 0) is 17.7 Å². The third kappa shape index (κ3) is 5.75. The van der Waals surface area contributed by atoms with E-state index < -0.39 is 34.1 Å². The summed E-state index contributed by atoms with van der Waals surface area (Å²) in [7, 11) is 0. The van der Waals surface area contributed by atoms with E-state index >= 15 is 0 Å². The zero-order chi connectivity index (χ0) is 25.9. The molecule has 0 amide bonds. The summed E-state index contributed by atoms with van der Waals surface area (Å²) >= 11 is 7.03. The number of H-pyrrole nitrogens is 2. The molecule has 0 aliphatic heterocycles. The van der Waals surface area contributed by atoms with Crippen molar-refractivity contribution in [3.63, 3.8) is 0 Å². The fourth-order valence-electron chi connectivity index (χ4n) is 3.61. The zero-order valence-corrected chi connectivity index (χ0v) is 20.0. The molecule has 2 aromatic carbocycles. The van der Waals surface area contributed by atoms with Crippen molar-refractivity contribution in [1.82, 2.24) is 14.5 Å². The highest BCUT2D eigenvalue weighted by molar-refractivity contribution is 7.99. The first-order valence-electron chi connectivity index (χ1n) is 10.6. The molecule has 1 atom stereocenters. The number of alkyl halides is 3. The Morgan fingerprint density at radius 3 is 2.44 bits per heavy atom. The minimum atomic E-state index is -4.84. The van der Waals surface area contributed by atoms with E-state index in [1.54, 1.807) is 18.3 Å². The van der Waals surface area contributed by atoms with Crippen LogP contribution in [0.15, 0.2) is 80.1 Å². The first kappa shape index (κ1) is 25.8. The molecule has 36 heavy (non-hydrogen) atoms. The molecule has 0 saturated carbocycles. The van der Waals surface area contributed by atoms with E-state index in [0.29, 0.717) is 6.07 Å². The molecule has 0 bridgehead atoms. The van der Waals surface area contributed by atoms with Gasteiger partial charge in [0.2, 0.25) is 0 Å². The number of pyridine rings is 1. The van der Waals surface area contributed by atoms with Crippen LogP contribution in [0.25, 0.3) is 10.9 Å². The summed E-state index contributed by atoms with van der Waals surface area (Å²) in [5, 5.41) is -1.01. The Kier molecular flexibility index (Phi) is 7.72. The summed E-state index contributed by atoms with van der Waals surface area (Å²) in [5.74, 6) is 0.0592. The first-order valence-corrected chi connectivity index (χ1v) is 12.0. The van der Waals surface area contributed by atoms with E-state index in [0.717, 1.165) is 17.3 Å². The topological polar surface area (TPSA) is 96.9 Å². The van der Waals surface area contributed by atoms with Crippen molar-refractivity contribution in [1.29, 1.82) is 0 Å². The SMILES string of the molecule is O=c1[nH]c(=O)c2cc(C(F)(F)F)c(Cl)c(SCC(COCc3ccccc3)n3ccccc3=O)c2[nH]1. The quantitative estimate of drug-likeness (QED) is 0.320. The second-order valence-electron chi connectivity index (χ2n) is 7.81. The van der Waals surface area contributed by atoms with Crippen LogP contribution in [-0.4, -0.2) is 26.9 Å². The standard InChI is InChI=1S/C24H19ClF3N3O4S/c25-19-17(24(26,27)28)10-16-20(29-23(34)30-22(16)33)21(19)36-13-15(31-9-5-4-8-18(31)32)12-35-11-14-6-2-1-3-7-14/h1-10,15H,11-13H2,(H2,29,30,33,34). The summed E-state index contributed by atoms with van der Waals surface area (Å²) < 4.78 is 48.2. The van der Waals surface area contributed by atoms with Crippen LogP contribution in [0.1, 0.15) is 17.2 Å². The number of nitrogens with one attached hydrogen (secondary N) is 2. The molecule has 2 N–H and O–H groups in total. The highest BCUT2D eigenvalue weighted by atomic mass is 35.5. The summed E-state index contributed by atoms with van der Waals surface area (Å²) in [5.41, 5.74) is -2.59. The molecule has 4 rings (SSSR count). The molecule has 0 aliphatic carbocycles. The van der Waals surface area contributed by atoms with Gasteiger partial charge >= 0.3 is 11.9 Å². The lowest BCUT2D eigenvalue weighted by Gasteiger charge is -2.21. The summed E-state index contributed by atoms with van der Waals surface area (Å²) in [4.78, 5) is 40.8. The van der Waals surface area contributed by atoms with Crippen molar-refractivity contribution in [2.75, 3.05) is 12.4 Å². The number of hydrogen-bond donors (Lipinski definition) is 2. The number of ether oxygens (including phenoxy) is 1. The fourth-order valence-corrected chi connectivity index (χ4v) is 5.19. The molecule has 0 aliphatic rings. The minimum absolute atomic E-state index is 0.0592. The Hall–Kier alpha value is -3.28. The van der Waals surface area contributed by atoms with E-state index in [-0.39, 0.29) is 40.3 Å². The number of nitrogens with zero attached hydrogens (tertiary/aromatic N) is 1. The van der Waals surface area contributed by atoms with Crippen LogP contribution >= 0.6 is 23.4 Å². The average molecular weight is 538 g/mol. The van der Waals surface area contributed by atoms with E-state index in [2.05, 4.69) is 4.98 Å². The van der Waals surface area contributed by atoms with Crippen LogP contribution in [-0.2, 0) is 17.5 Å². The van der Waals surface area contributed by atoms with Crippen LogP contribution in [0.3, 0.4) is 0 Å². The summed E-state index contributed by atoms with van der Waals surface area (Å²) in [6, 6.07) is 13.9. The Balaban J connectivity index is 1.70. The third-order valence-electron chi connectivity index (χ3n) is 5.32. The normalized spacial score (nSPS) is 12.7. The predicted octanol–water partition coefficient (Wildman–Crippen LogP) is 4.60. The van der Waals surface area contributed by atoms with Gasteiger partial charge in [0, 0.05) is 18.0 Å². The summed E-state index contributed by atoms with van der Waals surface area (Å²) in [6.07, 6.45) is -3.28. The Morgan fingerprint density at radius 1 is 1.03 bits per heavy atom. The molecule has 2 heterocycles. The van der Waals surface area contributed by atoms with Crippen molar-refractivity contribution >= 4 is 34.3 Å². The van der Waals surface area contributed by atoms with Gasteiger partial charge in [-0.3, -0.25) is 14.6 Å². The smallest absolute Gasteiger partial charge is 0.375 e. The maximum atomic E-state index is 13.7. The van der Waals surface area contributed by atoms with Crippen molar-refractivity contribution < 1.29 is 17.9 Å². The van der Waals surface area contributed by atoms with Gasteiger partial charge in [-0.25, -0.2) is 4.79 Å². The predicted molar refractivity (Wildman–Crippen MR) is 132 cm³/mol. The number of aromatic nitrogens is 3. The Labute approximate surface area is 210 Å². The lowest BCUT2D eigenvalue weighted by molar-refractivity contribution is -0.137. The van der Waals surface area contributed by atoms with Crippen LogP contribution in [0.2, 0.25) is 5.02 Å². The van der Waals surface area contributed by atoms with E-state index in [9.17, 15) is 27.6 Å². The highest BCUT2D eigenvalue weighted by Gasteiger charge is 2.36. The van der Waals surface area contributed by atoms with Gasteiger partial charge in [0.25, 0.3) is 11.1 Å². The van der Waals surface area contributed by atoms with Gasteiger partial charge < -0.3 is 14.3 Å². The van der Waals surface area contributed by atoms with E-state index in [1.807, 2.05) is 35.3 Å². The average Bonchev–Trinajstić information content (AvgIpc) is 2.82. The molecule has 188 valence electrons. The zero-order valence-electron chi connectivity index (χ0n) is 18.5. The Bertz CT molecular complexity index is 1550. The number of thioether (sulfide) groups is 1. The molecule has 0 radical (unpaired) electrons. The lowest BCUT2D eigenvalue weighted by Crippen LogP contribution is -2.28. The number of hydrogen-bond acceptors (Lipinski definition) is 5. The van der Waals surface area contributed by atoms with Crippen LogP contribution in [0.4, 0.5) is 13.2 Å². The van der Waals surface area contributed by atoms with E-state index in [1.165, 1.54) is 10.6 Å². The van der Waals surface area contributed by atoms with Crippen molar-refractivity contribution in [2.24, 2.45) is 0 Å². The van der Waals surface area contributed by atoms with Gasteiger partial charge in [0.15, 0.2) is 0 Å². The highest BCUT2D eigenvalue weighted by Crippen LogP contribution is 2.43. The van der Waals surface area contributed by atoms with Crippen molar-refractivity contribution in [3.8, 4) is 0 Å². The second kappa shape index (κ2) is 10.8. The van der Waals surface area contributed by atoms with Crippen LogP contribution in [0.5, 0.6) is 0 Å². The maximum absolute atomic E-state index is 13.7. The number of aromatic amines is 2. The summed E-state index contributed by atoms with van der Waals surface area (Å²) in [6.45, 7) is 0.330. The second-order valence-corrected chi connectivity index (χ2v) is 9.22. The van der Waals surface area contributed by atoms with Crippen molar-refractivity contribution in [2.45, 2.75) is 23.7 Å². The molecule has 2 aromatic heterocycles. The van der Waals surface area contributed by atoms with Gasteiger partial charge in [-0.2, -0.15) is 13.2 Å². The van der Waals surface area contributed by atoms with Gasteiger partial charge in [0.05, 0.1) is 45.6 Å².